The number of nitrogen functional groups attached to an aromatic ring is 1. The fraction of sp³-hybridized carbons (Fsp3) is 0.250. The van der Waals surface area contributed by atoms with E-state index in [0.717, 1.165) is 33.2 Å². The molecule has 0 radical (unpaired) electrons. The number of aromatic nitrogens is 1. The molecule has 4 heteroatoms. The van der Waals surface area contributed by atoms with E-state index in [2.05, 4.69) is 27.8 Å². The van der Waals surface area contributed by atoms with E-state index >= 15 is 0 Å². The maximum atomic E-state index is 6.04. The highest BCUT2D eigenvalue weighted by atomic mass is 79.9. The van der Waals surface area contributed by atoms with Gasteiger partial charge >= 0.3 is 0 Å². The topological polar surface area (TPSA) is 48.1 Å². The fourth-order valence-electron chi connectivity index (χ4n) is 1.71. The Morgan fingerprint density at radius 1 is 1.44 bits per heavy atom. The second-order valence-electron chi connectivity index (χ2n) is 3.53. The predicted molar refractivity (Wildman–Crippen MR) is 69.8 cm³/mol. The molecule has 0 bridgehead atoms. The summed E-state index contributed by atoms with van der Waals surface area (Å²) in [6.07, 6.45) is 0.865. The van der Waals surface area contributed by atoms with Gasteiger partial charge in [0.15, 0.2) is 0 Å². The summed E-state index contributed by atoms with van der Waals surface area (Å²) in [7, 11) is 1.63. The van der Waals surface area contributed by atoms with Crippen LogP contribution in [0.3, 0.4) is 0 Å². The number of pyridine rings is 1. The van der Waals surface area contributed by atoms with Crippen LogP contribution in [0.5, 0.6) is 5.75 Å². The van der Waals surface area contributed by atoms with E-state index in [1.54, 1.807) is 7.11 Å². The van der Waals surface area contributed by atoms with Gasteiger partial charge in [-0.05, 0) is 40.5 Å². The second kappa shape index (κ2) is 4.29. The summed E-state index contributed by atoms with van der Waals surface area (Å²) in [4.78, 5) is 4.56. The molecule has 2 aromatic rings. The smallest absolute Gasteiger partial charge is 0.130 e. The molecule has 2 rings (SSSR count). The van der Waals surface area contributed by atoms with Crippen molar-refractivity contribution in [3.63, 3.8) is 0 Å². The number of benzene rings is 1. The number of ether oxygens (including phenoxy) is 1. The molecule has 0 fully saturated rings. The molecule has 0 aliphatic carbocycles. The standard InChI is InChI=1S/C12H13BrN2O/c1-3-7-6-9(14)11-10(16-2)5-4-8(13)12(11)15-7/h4-6H,3H2,1-2H3,(H2,14,15). The van der Waals surface area contributed by atoms with Gasteiger partial charge < -0.3 is 10.5 Å². The van der Waals surface area contributed by atoms with Crippen molar-refractivity contribution in [3.8, 4) is 5.75 Å². The molecule has 0 unspecified atom stereocenters. The number of hydrogen-bond acceptors (Lipinski definition) is 3. The maximum Gasteiger partial charge on any atom is 0.130 e. The van der Waals surface area contributed by atoms with Crippen molar-refractivity contribution in [1.82, 2.24) is 4.98 Å². The summed E-state index contributed by atoms with van der Waals surface area (Å²) in [5.74, 6) is 0.755. The van der Waals surface area contributed by atoms with E-state index < -0.39 is 0 Å². The monoisotopic (exact) mass is 280 g/mol. The molecule has 0 spiro atoms. The SMILES string of the molecule is CCc1cc(N)c2c(OC)ccc(Br)c2n1. The predicted octanol–water partition coefficient (Wildman–Crippen LogP) is 3.15. The summed E-state index contributed by atoms with van der Waals surface area (Å²) in [5, 5.41) is 0.870. The van der Waals surface area contributed by atoms with Crippen LogP contribution < -0.4 is 10.5 Å². The van der Waals surface area contributed by atoms with Gasteiger partial charge in [0, 0.05) is 15.9 Å². The molecule has 2 N–H and O–H groups in total. The number of nitrogens with zero attached hydrogens (tertiary/aromatic N) is 1. The number of nitrogens with two attached hydrogens (primary N) is 1. The van der Waals surface area contributed by atoms with Crippen molar-refractivity contribution < 1.29 is 4.74 Å². The van der Waals surface area contributed by atoms with Crippen molar-refractivity contribution in [2.24, 2.45) is 0 Å². The Morgan fingerprint density at radius 2 is 2.19 bits per heavy atom. The first kappa shape index (κ1) is 11.2. The lowest BCUT2D eigenvalue weighted by atomic mass is 10.1. The van der Waals surface area contributed by atoms with Crippen molar-refractivity contribution >= 4 is 32.5 Å². The first-order valence-corrected chi connectivity index (χ1v) is 5.88. The third-order valence-electron chi connectivity index (χ3n) is 2.54. The maximum absolute atomic E-state index is 6.04. The highest BCUT2D eigenvalue weighted by Crippen LogP contribution is 2.34. The number of halogens is 1. The fourth-order valence-corrected chi connectivity index (χ4v) is 2.13. The molecule has 0 atom stereocenters. The van der Waals surface area contributed by atoms with Crippen LogP contribution in [0.25, 0.3) is 10.9 Å². The zero-order chi connectivity index (χ0) is 11.7. The van der Waals surface area contributed by atoms with Crippen molar-refractivity contribution in [1.29, 1.82) is 0 Å². The number of anilines is 1. The summed E-state index contributed by atoms with van der Waals surface area (Å²) in [6, 6.07) is 5.71. The Morgan fingerprint density at radius 3 is 2.81 bits per heavy atom. The van der Waals surface area contributed by atoms with Gasteiger partial charge in [0.25, 0.3) is 0 Å². The summed E-state index contributed by atoms with van der Waals surface area (Å²) < 4.78 is 6.23. The quantitative estimate of drug-likeness (QED) is 0.919. The Kier molecular flexibility index (Phi) is 3.01. The molecule has 0 aliphatic rings. The summed E-state index contributed by atoms with van der Waals surface area (Å²) in [5.41, 5.74) is 8.59. The van der Waals surface area contributed by atoms with Gasteiger partial charge in [0.05, 0.1) is 18.0 Å². The lowest BCUT2D eigenvalue weighted by molar-refractivity contribution is 0.420. The highest BCUT2D eigenvalue weighted by molar-refractivity contribution is 9.10. The van der Waals surface area contributed by atoms with E-state index in [0.29, 0.717) is 5.69 Å². The molecule has 1 aromatic carbocycles. The van der Waals surface area contributed by atoms with Gasteiger partial charge in [0.1, 0.15) is 5.75 Å². The zero-order valence-electron chi connectivity index (χ0n) is 9.25. The third kappa shape index (κ3) is 1.73. The van der Waals surface area contributed by atoms with Crippen LogP contribution in [0.2, 0.25) is 0 Å². The van der Waals surface area contributed by atoms with Gasteiger partial charge in [-0.2, -0.15) is 0 Å². The highest BCUT2D eigenvalue weighted by Gasteiger charge is 2.10. The minimum Gasteiger partial charge on any atom is -0.496 e. The minimum absolute atomic E-state index is 0.708. The molecule has 0 amide bonds. The summed E-state index contributed by atoms with van der Waals surface area (Å²) in [6.45, 7) is 2.06. The van der Waals surface area contributed by atoms with Crippen molar-refractivity contribution in [3.05, 3.63) is 28.4 Å². The number of fused-ring (bicyclic) bond motifs is 1. The molecule has 0 saturated carbocycles. The van der Waals surface area contributed by atoms with E-state index in [1.807, 2.05) is 18.2 Å². The van der Waals surface area contributed by atoms with E-state index in [9.17, 15) is 0 Å². The van der Waals surface area contributed by atoms with Crippen LogP contribution in [-0.2, 0) is 6.42 Å². The van der Waals surface area contributed by atoms with Gasteiger partial charge in [0.2, 0.25) is 0 Å². The van der Waals surface area contributed by atoms with Gasteiger partial charge in [-0.15, -0.1) is 0 Å². The van der Waals surface area contributed by atoms with Crippen LogP contribution >= 0.6 is 15.9 Å². The average molecular weight is 281 g/mol. The Bertz CT molecular complexity index is 540. The molecule has 0 saturated heterocycles. The van der Waals surface area contributed by atoms with Crippen LogP contribution in [-0.4, -0.2) is 12.1 Å². The van der Waals surface area contributed by atoms with Gasteiger partial charge in [-0.3, -0.25) is 4.98 Å². The molecular formula is C12H13BrN2O. The lowest BCUT2D eigenvalue weighted by Crippen LogP contribution is -1.97. The van der Waals surface area contributed by atoms with Crippen LogP contribution in [0.15, 0.2) is 22.7 Å². The first-order chi connectivity index (χ1) is 7.67. The Labute approximate surface area is 103 Å². The molecule has 16 heavy (non-hydrogen) atoms. The van der Waals surface area contributed by atoms with Crippen LogP contribution in [0, 0.1) is 0 Å². The van der Waals surface area contributed by atoms with E-state index in [-0.39, 0.29) is 0 Å². The zero-order valence-corrected chi connectivity index (χ0v) is 10.8. The number of aryl methyl sites for hydroxylation is 1. The molecule has 0 aliphatic heterocycles. The Hall–Kier alpha value is -1.29. The summed E-state index contributed by atoms with van der Waals surface area (Å²) >= 11 is 3.48. The average Bonchev–Trinajstić information content (AvgIpc) is 2.30. The largest absolute Gasteiger partial charge is 0.496 e. The molecule has 1 aromatic heterocycles. The normalized spacial score (nSPS) is 10.7. The third-order valence-corrected chi connectivity index (χ3v) is 3.18. The number of methoxy groups -OCH3 is 1. The van der Waals surface area contributed by atoms with Crippen LogP contribution in [0.1, 0.15) is 12.6 Å². The number of hydrogen-bond donors (Lipinski definition) is 1. The molecule has 3 nitrogen and oxygen atoms in total. The molecular weight excluding hydrogens is 268 g/mol. The van der Waals surface area contributed by atoms with Crippen LogP contribution in [0.4, 0.5) is 5.69 Å². The van der Waals surface area contributed by atoms with Crippen molar-refractivity contribution in [2.45, 2.75) is 13.3 Å². The van der Waals surface area contributed by atoms with Gasteiger partial charge in [-0.25, -0.2) is 0 Å². The van der Waals surface area contributed by atoms with Crippen molar-refractivity contribution in [2.75, 3.05) is 12.8 Å². The molecule has 84 valence electrons. The minimum atomic E-state index is 0.708. The van der Waals surface area contributed by atoms with Gasteiger partial charge in [-0.1, -0.05) is 6.92 Å². The van der Waals surface area contributed by atoms with E-state index in [4.69, 9.17) is 10.5 Å². The number of rotatable bonds is 2. The molecule has 1 heterocycles. The second-order valence-corrected chi connectivity index (χ2v) is 4.38. The first-order valence-electron chi connectivity index (χ1n) is 5.09. The Balaban J connectivity index is 2.86. The lowest BCUT2D eigenvalue weighted by Gasteiger charge is -2.10. The van der Waals surface area contributed by atoms with E-state index in [1.165, 1.54) is 0 Å².